The van der Waals surface area contributed by atoms with Gasteiger partial charge in [0.1, 0.15) is 6.04 Å². The van der Waals surface area contributed by atoms with Crippen LogP contribution in [-0.4, -0.2) is 46.4 Å². The Morgan fingerprint density at radius 2 is 2.20 bits per heavy atom. The Balaban J connectivity index is 0.00000200. The molecule has 1 atom stereocenters. The van der Waals surface area contributed by atoms with Crippen LogP contribution in [0.1, 0.15) is 0 Å². The van der Waals surface area contributed by atoms with Crippen molar-refractivity contribution in [3.63, 3.8) is 0 Å². The van der Waals surface area contributed by atoms with Crippen LogP contribution in [0.15, 0.2) is 29.2 Å². The summed E-state index contributed by atoms with van der Waals surface area (Å²) in [5.41, 5.74) is 0.459. The normalized spacial score (nSPS) is 18.9. The standard InChI is InChI=1S/C12H16N2O4S.ClH/c1-19(16,17)10-4-2-3-9(7-10)14-12(15)11-8-18-6-5-13-11;/h2-4,7,11,13H,5-6,8H2,1H3,(H,14,15);1H. The summed E-state index contributed by atoms with van der Waals surface area (Å²) in [6, 6.07) is 5.77. The number of hydrogen-bond acceptors (Lipinski definition) is 5. The van der Waals surface area contributed by atoms with E-state index in [-0.39, 0.29) is 23.2 Å². The van der Waals surface area contributed by atoms with Crippen molar-refractivity contribution in [2.75, 3.05) is 31.3 Å². The molecule has 2 rings (SSSR count). The highest BCUT2D eigenvalue weighted by molar-refractivity contribution is 7.90. The molecule has 2 N–H and O–H groups in total. The Hall–Kier alpha value is -1.15. The van der Waals surface area contributed by atoms with Crippen LogP contribution < -0.4 is 10.6 Å². The van der Waals surface area contributed by atoms with Crippen LogP contribution in [0, 0.1) is 0 Å². The van der Waals surface area contributed by atoms with Crippen molar-refractivity contribution in [3.05, 3.63) is 24.3 Å². The number of morpholine rings is 1. The summed E-state index contributed by atoms with van der Waals surface area (Å²) in [4.78, 5) is 12.1. The molecule has 1 aromatic rings. The number of sulfone groups is 1. The van der Waals surface area contributed by atoms with Gasteiger partial charge in [-0.1, -0.05) is 6.07 Å². The molecule has 0 saturated carbocycles. The van der Waals surface area contributed by atoms with Crippen molar-refractivity contribution in [2.45, 2.75) is 10.9 Å². The molecule has 1 unspecified atom stereocenters. The lowest BCUT2D eigenvalue weighted by Gasteiger charge is -2.22. The largest absolute Gasteiger partial charge is 0.378 e. The second-order valence-corrected chi connectivity index (χ2v) is 6.39. The molecule has 1 aliphatic rings. The molecule has 0 aromatic heterocycles. The van der Waals surface area contributed by atoms with Crippen LogP contribution in [0.5, 0.6) is 0 Å². The number of carbonyl (C=O) groups excluding carboxylic acids is 1. The van der Waals surface area contributed by atoms with E-state index >= 15 is 0 Å². The predicted molar refractivity (Wildman–Crippen MR) is 78.0 cm³/mol. The molecule has 0 spiro atoms. The van der Waals surface area contributed by atoms with Crippen LogP contribution in [0.2, 0.25) is 0 Å². The number of rotatable bonds is 3. The fourth-order valence-corrected chi connectivity index (χ4v) is 2.43. The van der Waals surface area contributed by atoms with Gasteiger partial charge in [-0.15, -0.1) is 12.4 Å². The van der Waals surface area contributed by atoms with E-state index < -0.39 is 15.9 Å². The number of carbonyl (C=O) groups is 1. The van der Waals surface area contributed by atoms with Gasteiger partial charge in [-0.05, 0) is 18.2 Å². The summed E-state index contributed by atoms with van der Waals surface area (Å²) in [6.45, 7) is 1.53. The molecule has 20 heavy (non-hydrogen) atoms. The molecule has 1 aliphatic heterocycles. The lowest BCUT2D eigenvalue weighted by Crippen LogP contribution is -2.48. The zero-order valence-electron chi connectivity index (χ0n) is 11.0. The minimum absolute atomic E-state index is 0. The average Bonchev–Trinajstić information content (AvgIpc) is 2.39. The van der Waals surface area contributed by atoms with Crippen LogP contribution in [0.25, 0.3) is 0 Å². The topological polar surface area (TPSA) is 84.5 Å². The van der Waals surface area contributed by atoms with E-state index in [2.05, 4.69) is 10.6 Å². The highest BCUT2D eigenvalue weighted by Gasteiger charge is 2.21. The second-order valence-electron chi connectivity index (χ2n) is 4.37. The van der Waals surface area contributed by atoms with E-state index in [1.54, 1.807) is 12.1 Å². The van der Waals surface area contributed by atoms with Gasteiger partial charge in [0, 0.05) is 18.5 Å². The maximum Gasteiger partial charge on any atom is 0.243 e. The molecule has 0 radical (unpaired) electrons. The number of hydrogen-bond donors (Lipinski definition) is 2. The predicted octanol–water partition coefficient (Wildman–Crippen LogP) is 0.439. The van der Waals surface area contributed by atoms with E-state index in [4.69, 9.17) is 4.74 Å². The summed E-state index contributed by atoms with van der Waals surface area (Å²) in [6.07, 6.45) is 1.13. The van der Waals surface area contributed by atoms with Crippen molar-refractivity contribution in [1.29, 1.82) is 0 Å². The molecular formula is C12H17ClN2O4S. The molecule has 1 saturated heterocycles. The van der Waals surface area contributed by atoms with E-state index in [9.17, 15) is 13.2 Å². The smallest absolute Gasteiger partial charge is 0.243 e. The van der Waals surface area contributed by atoms with Gasteiger partial charge >= 0.3 is 0 Å². The Bertz CT molecular complexity index is 571. The number of halogens is 1. The Labute approximate surface area is 124 Å². The van der Waals surface area contributed by atoms with Crippen molar-refractivity contribution < 1.29 is 17.9 Å². The maximum absolute atomic E-state index is 11.9. The minimum Gasteiger partial charge on any atom is -0.378 e. The van der Waals surface area contributed by atoms with E-state index in [0.717, 1.165) is 6.26 Å². The molecule has 112 valence electrons. The van der Waals surface area contributed by atoms with E-state index in [0.29, 0.717) is 25.4 Å². The van der Waals surface area contributed by atoms with Crippen LogP contribution >= 0.6 is 12.4 Å². The van der Waals surface area contributed by atoms with Gasteiger partial charge in [0.15, 0.2) is 9.84 Å². The fourth-order valence-electron chi connectivity index (χ4n) is 1.77. The third-order valence-corrected chi connectivity index (χ3v) is 3.88. The minimum atomic E-state index is -3.28. The zero-order chi connectivity index (χ0) is 13.9. The summed E-state index contributed by atoms with van der Waals surface area (Å²) in [5, 5.41) is 5.71. The molecule has 1 aromatic carbocycles. The first-order chi connectivity index (χ1) is 8.97. The van der Waals surface area contributed by atoms with Gasteiger partial charge in [0.05, 0.1) is 18.1 Å². The molecule has 0 bridgehead atoms. The third-order valence-electron chi connectivity index (χ3n) is 2.77. The van der Waals surface area contributed by atoms with Gasteiger partial charge in [0.2, 0.25) is 5.91 Å². The van der Waals surface area contributed by atoms with Crippen LogP contribution in [-0.2, 0) is 19.4 Å². The van der Waals surface area contributed by atoms with Crippen molar-refractivity contribution in [2.24, 2.45) is 0 Å². The number of amides is 1. The first-order valence-corrected chi connectivity index (χ1v) is 7.78. The number of nitrogens with one attached hydrogen (secondary N) is 2. The van der Waals surface area contributed by atoms with Crippen LogP contribution in [0.4, 0.5) is 5.69 Å². The molecule has 1 fully saturated rings. The van der Waals surface area contributed by atoms with Crippen LogP contribution in [0.3, 0.4) is 0 Å². The Morgan fingerprint density at radius 3 is 2.80 bits per heavy atom. The van der Waals surface area contributed by atoms with Gasteiger partial charge in [-0.3, -0.25) is 4.79 Å². The summed E-state index contributed by atoms with van der Waals surface area (Å²) < 4.78 is 28.1. The summed E-state index contributed by atoms with van der Waals surface area (Å²) >= 11 is 0. The Kier molecular flexibility index (Phi) is 5.94. The fraction of sp³-hybridized carbons (Fsp3) is 0.417. The Morgan fingerprint density at radius 1 is 1.45 bits per heavy atom. The zero-order valence-corrected chi connectivity index (χ0v) is 12.6. The van der Waals surface area contributed by atoms with Crippen molar-refractivity contribution >= 4 is 33.8 Å². The van der Waals surface area contributed by atoms with E-state index in [1.807, 2.05) is 0 Å². The highest BCUT2D eigenvalue weighted by atomic mass is 35.5. The summed E-state index contributed by atoms with van der Waals surface area (Å²) in [7, 11) is -3.28. The highest BCUT2D eigenvalue weighted by Crippen LogP contribution is 2.15. The van der Waals surface area contributed by atoms with Crippen molar-refractivity contribution in [1.82, 2.24) is 5.32 Å². The SMILES string of the molecule is CS(=O)(=O)c1cccc(NC(=O)C2COCCN2)c1.Cl. The molecular weight excluding hydrogens is 304 g/mol. The van der Waals surface area contributed by atoms with Gasteiger partial charge in [-0.25, -0.2) is 8.42 Å². The monoisotopic (exact) mass is 320 g/mol. The first kappa shape index (κ1) is 16.9. The first-order valence-electron chi connectivity index (χ1n) is 5.89. The lowest BCUT2D eigenvalue weighted by atomic mass is 10.2. The van der Waals surface area contributed by atoms with Gasteiger partial charge in [0.25, 0.3) is 0 Å². The maximum atomic E-state index is 11.9. The summed E-state index contributed by atoms with van der Waals surface area (Å²) in [5.74, 6) is -0.231. The van der Waals surface area contributed by atoms with E-state index in [1.165, 1.54) is 12.1 Å². The second kappa shape index (κ2) is 7.03. The molecule has 1 amide bonds. The van der Waals surface area contributed by atoms with Gasteiger partial charge < -0.3 is 15.4 Å². The van der Waals surface area contributed by atoms with Gasteiger partial charge in [-0.2, -0.15) is 0 Å². The number of anilines is 1. The quantitative estimate of drug-likeness (QED) is 0.844. The average molecular weight is 321 g/mol. The van der Waals surface area contributed by atoms with Crippen molar-refractivity contribution in [3.8, 4) is 0 Å². The molecule has 0 aliphatic carbocycles. The number of benzene rings is 1. The molecule has 8 heteroatoms. The number of ether oxygens (including phenoxy) is 1. The third kappa shape index (κ3) is 4.45. The molecule has 1 heterocycles. The lowest BCUT2D eigenvalue weighted by molar-refractivity contribution is -0.120. The molecule has 6 nitrogen and oxygen atoms in total.